The molecular formula is C10H19N3S. The summed E-state index contributed by atoms with van der Waals surface area (Å²) in [5.74, 6) is 0. The van der Waals surface area contributed by atoms with Crippen LogP contribution in [-0.2, 0) is 0 Å². The van der Waals surface area contributed by atoms with Crippen molar-refractivity contribution in [2.75, 3.05) is 6.54 Å². The van der Waals surface area contributed by atoms with Gasteiger partial charge in [0.15, 0.2) is 0 Å². The third kappa shape index (κ3) is 2.24. The number of hydrogen-bond acceptors (Lipinski definition) is 4. The molecule has 2 atom stereocenters. The van der Waals surface area contributed by atoms with E-state index in [9.17, 15) is 0 Å². The summed E-state index contributed by atoms with van der Waals surface area (Å²) in [6.07, 6.45) is 4.80. The number of rotatable bonds is 3. The highest BCUT2D eigenvalue weighted by atomic mass is 32.2. The van der Waals surface area contributed by atoms with Crippen LogP contribution in [0, 0.1) is 0 Å². The minimum atomic E-state index is 0.102. The highest BCUT2D eigenvalue weighted by Crippen LogP contribution is 2.37. The Hall–Kier alpha value is -0.190. The summed E-state index contributed by atoms with van der Waals surface area (Å²) in [5.41, 5.74) is 7.33. The maximum atomic E-state index is 5.83. The fraction of sp³-hybridized carbons (Fsp3) is 0.800. The summed E-state index contributed by atoms with van der Waals surface area (Å²) < 4.78 is 0. The van der Waals surface area contributed by atoms with Crippen molar-refractivity contribution in [3.05, 3.63) is 10.6 Å². The van der Waals surface area contributed by atoms with Crippen LogP contribution in [0.2, 0.25) is 0 Å². The van der Waals surface area contributed by atoms with Crippen molar-refractivity contribution in [1.82, 2.24) is 10.6 Å². The first kappa shape index (κ1) is 10.3. The van der Waals surface area contributed by atoms with Gasteiger partial charge >= 0.3 is 0 Å². The average molecular weight is 213 g/mol. The van der Waals surface area contributed by atoms with Gasteiger partial charge in [0, 0.05) is 16.6 Å². The summed E-state index contributed by atoms with van der Waals surface area (Å²) in [7, 11) is 0. The molecule has 0 spiro atoms. The lowest BCUT2D eigenvalue weighted by Crippen LogP contribution is -2.33. The van der Waals surface area contributed by atoms with Crippen molar-refractivity contribution < 1.29 is 0 Å². The van der Waals surface area contributed by atoms with Crippen LogP contribution in [0.5, 0.6) is 0 Å². The molecule has 14 heavy (non-hydrogen) atoms. The monoisotopic (exact) mass is 213 g/mol. The highest BCUT2D eigenvalue weighted by molar-refractivity contribution is 8.03. The standard InChI is InChI=1S/C10H19N3S/c1-2-5-12-7-3-4-8-9(6-7)14-10(11)13-8/h7,10,12-13H,2-6,11H2,1H3/t7-,10+/m0/s1. The lowest BCUT2D eigenvalue weighted by Gasteiger charge is -2.23. The molecule has 0 bridgehead atoms. The molecular weight excluding hydrogens is 194 g/mol. The van der Waals surface area contributed by atoms with Crippen molar-refractivity contribution in [2.45, 2.75) is 44.1 Å². The highest BCUT2D eigenvalue weighted by Gasteiger charge is 2.27. The molecule has 1 aliphatic carbocycles. The molecule has 4 heteroatoms. The average Bonchev–Trinajstić information content (AvgIpc) is 2.54. The van der Waals surface area contributed by atoms with Gasteiger partial charge in [0.1, 0.15) is 5.50 Å². The van der Waals surface area contributed by atoms with Crippen LogP contribution in [0.1, 0.15) is 32.6 Å². The fourth-order valence-electron chi connectivity index (χ4n) is 2.06. The Kier molecular flexibility index (Phi) is 3.36. The van der Waals surface area contributed by atoms with E-state index >= 15 is 0 Å². The van der Waals surface area contributed by atoms with Gasteiger partial charge < -0.3 is 16.4 Å². The van der Waals surface area contributed by atoms with E-state index in [2.05, 4.69) is 17.6 Å². The first-order valence-corrected chi connectivity index (χ1v) is 6.31. The molecule has 0 aromatic heterocycles. The van der Waals surface area contributed by atoms with Crippen molar-refractivity contribution >= 4 is 11.8 Å². The van der Waals surface area contributed by atoms with Crippen molar-refractivity contribution in [2.24, 2.45) is 5.73 Å². The van der Waals surface area contributed by atoms with Crippen LogP contribution in [0.15, 0.2) is 10.6 Å². The molecule has 1 aliphatic heterocycles. The molecule has 0 radical (unpaired) electrons. The summed E-state index contributed by atoms with van der Waals surface area (Å²) in [4.78, 5) is 1.48. The molecule has 1 heterocycles. The Bertz CT molecular complexity index is 240. The third-order valence-corrected chi connectivity index (χ3v) is 3.85. The third-order valence-electron chi connectivity index (χ3n) is 2.78. The van der Waals surface area contributed by atoms with Crippen LogP contribution >= 0.6 is 11.8 Å². The van der Waals surface area contributed by atoms with E-state index in [4.69, 9.17) is 5.73 Å². The van der Waals surface area contributed by atoms with Crippen LogP contribution in [0.25, 0.3) is 0 Å². The number of thioether (sulfide) groups is 1. The smallest absolute Gasteiger partial charge is 0.127 e. The first-order chi connectivity index (χ1) is 6.79. The second kappa shape index (κ2) is 4.55. The van der Waals surface area contributed by atoms with Crippen LogP contribution < -0.4 is 16.4 Å². The summed E-state index contributed by atoms with van der Waals surface area (Å²) in [5, 5.41) is 6.91. The van der Waals surface area contributed by atoms with Crippen LogP contribution in [-0.4, -0.2) is 18.1 Å². The number of nitrogens with one attached hydrogen (secondary N) is 2. The number of hydrogen-bond donors (Lipinski definition) is 3. The fourth-order valence-corrected chi connectivity index (χ4v) is 3.16. The quantitative estimate of drug-likeness (QED) is 0.662. The van der Waals surface area contributed by atoms with E-state index in [1.807, 2.05) is 0 Å². The lowest BCUT2D eigenvalue weighted by molar-refractivity contribution is 0.458. The van der Waals surface area contributed by atoms with Gasteiger partial charge in [-0.1, -0.05) is 18.7 Å². The Labute approximate surface area is 89.9 Å². The van der Waals surface area contributed by atoms with Crippen LogP contribution in [0.3, 0.4) is 0 Å². The van der Waals surface area contributed by atoms with Gasteiger partial charge in [-0.05, 0) is 32.2 Å². The molecule has 0 aromatic rings. The van der Waals surface area contributed by atoms with Gasteiger partial charge in [-0.25, -0.2) is 0 Å². The van der Waals surface area contributed by atoms with Gasteiger partial charge in [0.05, 0.1) is 0 Å². The normalized spacial score (nSPS) is 31.6. The molecule has 3 nitrogen and oxygen atoms in total. The van der Waals surface area contributed by atoms with Crippen molar-refractivity contribution in [3.8, 4) is 0 Å². The molecule has 0 aromatic carbocycles. The van der Waals surface area contributed by atoms with E-state index < -0.39 is 0 Å². The summed E-state index contributed by atoms with van der Waals surface area (Å²) in [6.45, 7) is 3.35. The molecule has 0 unspecified atom stereocenters. The van der Waals surface area contributed by atoms with E-state index in [0.29, 0.717) is 6.04 Å². The molecule has 2 aliphatic rings. The molecule has 0 saturated heterocycles. The van der Waals surface area contributed by atoms with Gasteiger partial charge in [-0.3, -0.25) is 0 Å². The summed E-state index contributed by atoms with van der Waals surface area (Å²) >= 11 is 1.79. The molecule has 2 rings (SSSR count). The molecule has 0 saturated carbocycles. The van der Waals surface area contributed by atoms with E-state index in [1.54, 1.807) is 11.8 Å². The predicted molar refractivity (Wildman–Crippen MR) is 61.7 cm³/mol. The van der Waals surface area contributed by atoms with E-state index in [-0.39, 0.29) is 5.50 Å². The molecule has 0 amide bonds. The largest absolute Gasteiger partial charge is 0.364 e. The lowest BCUT2D eigenvalue weighted by atomic mass is 9.99. The van der Waals surface area contributed by atoms with Gasteiger partial charge in [-0.15, -0.1) is 0 Å². The maximum Gasteiger partial charge on any atom is 0.127 e. The molecule has 4 N–H and O–H groups in total. The van der Waals surface area contributed by atoms with Crippen LogP contribution in [0.4, 0.5) is 0 Å². The molecule has 80 valence electrons. The van der Waals surface area contributed by atoms with Crippen molar-refractivity contribution in [1.29, 1.82) is 0 Å². The van der Waals surface area contributed by atoms with E-state index in [1.165, 1.54) is 29.9 Å². The second-order valence-electron chi connectivity index (χ2n) is 3.98. The number of nitrogens with two attached hydrogens (primary N) is 1. The van der Waals surface area contributed by atoms with Gasteiger partial charge in [0.25, 0.3) is 0 Å². The molecule has 0 fully saturated rings. The Morgan fingerprint density at radius 3 is 3.29 bits per heavy atom. The number of allylic oxidation sites excluding steroid dienone is 1. The Balaban J connectivity index is 1.87. The topological polar surface area (TPSA) is 50.1 Å². The zero-order valence-corrected chi connectivity index (χ0v) is 9.49. The SMILES string of the molecule is CCCN[C@H]1CCC2=C(C1)S[C@H](N)N2. The van der Waals surface area contributed by atoms with Gasteiger partial charge in [0.2, 0.25) is 0 Å². The van der Waals surface area contributed by atoms with E-state index in [0.717, 1.165) is 13.0 Å². The Morgan fingerprint density at radius 2 is 2.50 bits per heavy atom. The second-order valence-corrected chi connectivity index (χ2v) is 5.21. The van der Waals surface area contributed by atoms with Crippen molar-refractivity contribution in [3.63, 3.8) is 0 Å². The predicted octanol–water partition coefficient (Wildman–Crippen LogP) is 1.33. The van der Waals surface area contributed by atoms with Gasteiger partial charge in [-0.2, -0.15) is 0 Å². The maximum absolute atomic E-state index is 5.83. The minimum absolute atomic E-state index is 0.102. The zero-order valence-electron chi connectivity index (χ0n) is 8.68. The summed E-state index contributed by atoms with van der Waals surface area (Å²) in [6, 6.07) is 0.674. The Morgan fingerprint density at radius 1 is 1.64 bits per heavy atom. The first-order valence-electron chi connectivity index (χ1n) is 5.43. The minimum Gasteiger partial charge on any atom is -0.364 e. The zero-order chi connectivity index (χ0) is 9.97.